The second-order valence-electron chi connectivity index (χ2n) is 5.41. The van der Waals surface area contributed by atoms with Gasteiger partial charge in [0.05, 0.1) is 15.6 Å². The van der Waals surface area contributed by atoms with Crippen LogP contribution in [0, 0.1) is 0 Å². The van der Waals surface area contributed by atoms with Crippen LogP contribution >= 0.6 is 11.6 Å². The van der Waals surface area contributed by atoms with Crippen molar-refractivity contribution in [1.29, 1.82) is 0 Å². The van der Waals surface area contributed by atoms with Crippen LogP contribution in [0.3, 0.4) is 0 Å². The highest BCUT2D eigenvalue weighted by Crippen LogP contribution is 2.26. The zero-order valence-electron chi connectivity index (χ0n) is 12.9. The van der Waals surface area contributed by atoms with Gasteiger partial charge in [-0.3, -0.25) is 4.79 Å². The van der Waals surface area contributed by atoms with Crippen LogP contribution in [0.1, 0.15) is 0 Å². The van der Waals surface area contributed by atoms with Gasteiger partial charge in [-0.25, -0.2) is 8.42 Å². The fourth-order valence-corrected chi connectivity index (χ4v) is 4.13. The highest BCUT2D eigenvalue weighted by molar-refractivity contribution is 7.92. The summed E-state index contributed by atoms with van der Waals surface area (Å²) in [5.41, 5.74) is 1.18. The molecule has 7 heteroatoms. The highest BCUT2D eigenvalue weighted by Gasteiger charge is 2.24. The number of fused-ring (bicyclic) bond motifs is 1. The Morgan fingerprint density at radius 1 is 1.12 bits per heavy atom. The SMILES string of the molecule is Cn1cc(S(=O)(=O)CC(=O)Nc2ccccc2Cl)c2ccccc21. The van der Waals surface area contributed by atoms with Gasteiger partial charge in [-0.1, -0.05) is 41.9 Å². The number of aryl methyl sites for hydroxylation is 1. The predicted molar refractivity (Wildman–Crippen MR) is 95.1 cm³/mol. The third kappa shape index (κ3) is 3.16. The van der Waals surface area contributed by atoms with Crippen LogP contribution in [0.2, 0.25) is 5.02 Å². The molecule has 1 heterocycles. The molecule has 0 radical (unpaired) electrons. The Morgan fingerprint density at radius 3 is 2.54 bits per heavy atom. The molecule has 0 atom stereocenters. The highest BCUT2D eigenvalue weighted by atomic mass is 35.5. The first kappa shape index (κ1) is 16.5. The summed E-state index contributed by atoms with van der Waals surface area (Å²) in [5, 5.41) is 3.49. The summed E-state index contributed by atoms with van der Waals surface area (Å²) in [6.07, 6.45) is 1.53. The third-order valence-corrected chi connectivity index (χ3v) is 5.63. The fraction of sp³-hybridized carbons (Fsp3) is 0.118. The number of hydrogen-bond acceptors (Lipinski definition) is 3. The molecule has 0 spiro atoms. The minimum atomic E-state index is -3.77. The number of hydrogen-bond donors (Lipinski definition) is 1. The Bertz CT molecular complexity index is 1030. The number of benzene rings is 2. The zero-order chi connectivity index (χ0) is 17.3. The first-order chi connectivity index (χ1) is 11.4. The first-order valence-corrected chi connectivity index (χ1v) is 9.23. The van der Waals surface area contributed by atoms with Gasteiger partial charge >= 0.3 is 0 Å². The van der Waals surface area contributed by atoms with E-state index in [2.05, 4.69) is 5.32 Å². The summed E-state index contributed by atoms with van der Waals surface area (Å²) >= 11 is 5.97. The van der Waals surface area contributed by atoms with E-state index < -0.39 is 21.5 Å². The summed E-state index contributed by atoms with van der Waals surface area (Å²) in [6.45, 7) is 0. The van der Waals surface area contributed by atoms with Gasteiger partial charge in [0.25, 0.3) is 0 Å². The molecule has 2 aromatic carbocycles. The van der Waals surface area contributed by atoms with E-state index in [1.165, 1.54) is 6.20 Å². The summed E-state index contributed by atoms with van der Waals surface area (Å²) in [4.78, 5) is 12.3. The van der Waals surface area contributed by atoms with E-state index in [0.717, 1.165) is 5.52 Å². The van der Waals surface area contributed by atoms with Gasteiger partial charge in [-0.15, -0.1) is 0 Å². The molecule has 0 aliphatic rings. The Kier molecular flexibility index (Phi) is 4.34. The van der Waals surface area contributed by atoms with E-state index >= 15 is 0 Å². The minimum Gasteiger partial charge on any atom is -0.349 e. The topological polar surface area (TPSA) is 68.2 Å². The Hall–Kier alpha value is -2.31. The van der Waals surface area contributed by atoms with Crippen molar-refractivity contribution in [1.82, 2.24) is 4.57 Å². The third-order valence-electron chi connectivity index (χ3n) is 3.66. The van der Waals surface area contributed by atoms with Crippen LogP contribution in [0.25, 0.3) is 10.9 Å². The van der Waals surface area contributed by atoms with Crippen molar-refractivity contribution in [3.05, 3.63) is 59.8 Å². The summed E-state index contributed by atoms with van der Waals surface area (Å²) in [5.74, 6) is -1.28. The lowest BCUT2D eigenvalue weighted by Crippen LogP contribution is -2.23. The standard InChI is InChI=1S/C17H15ClN2O3S/c1-20-10-16(12-6-2-5-9-15(12)20)24(22,23)11-17(21)19-14-8-4-3-7-13(14)18/h2-10H,11H2,1H3,(H,19,21). The minimum absolute atomic E-state index is 0.148. The summed E-state index contributed by atoms with van der Waals surface area (Å²) < 4.78 is 27.0. The predicted octanol–water partition coefficient (Wildman–Crippen LogP) is 3.24. The maximum absolute atomic E-state index is 12.6. The van der Waals surface area contributed by atoms with Gasteiger partial charge in [0.1, 0.15) is 5.75 Å². The molecular weight excluding hydrogens is 348 g/mol. The average molecular weight is 363 g/mol. The van der Waals surface area contributed by atoms with Crippen LogP contribution in [0.4, 0.5) is 5.69 Å². The van der Waals surface area contributed by atoms with Crippen molar-refractivity contribution in [2.45, 2.75) is 4.90 Å². The molecule has 1 aromatic heterocycles. The monoisotopic (exact) mass is 362 g/mol. The molecular formula is C17H15ClN2O3S. The van der Waals surface area contributed by atoms with E-state index in [1.54, 1.807) is 48.0 Å². The molecule has 1 N–H and O–H groups in total. The van der Waals surface area contributed by atoms with E-state index in [0.29, 0.717) is 16.1 Å². The van der Waals surface area contributed by atoms with Crippen LogP contribution < -0.4 is 5.32 Å². The van der Waals surface area contributed by atoms with Gasteiger partial charge in [0.15, 0.2) is 9.84 Å². The van der Waals surface area contributed by atoms with Crippen LogP contribution in [0.15, 0.2) is 59.6 Å². The number of rotatable bonds is 4. The number of aromatic nitrogens is 1. The van der Waals surface area contributed by atoms with Crippen molar-refractivity contribution in [2.75, 3.05) is 11.1 Å². The number of sulfone groups is 1. The van der Waals surface area contributed by atoms with Gasteiger partial charge in [0, 0.05) is 24.1 Å². The largest absolute Gasteiger partial charge is 0.349 e. The lowest BCUT2D eigenvalue weighted by Gasteiger charge is -2.07. The first-order valence-electron chi connectivity index (χ1n) is 7.20. The van der Waals surface area contributed by atoms with Crippen LogP contribution in [0.5, 0.6) is 0 Å². The smallest absolute Gasteiger partial charge is 0.240 e. The number of carbonyl (C=O) groups is 1. The molecule has 1 amide bonds. The molecule has 0 unspecified atom stereocenters. The average Bonchev–Trinajstić information content (AvgIpc) is 2.88. The second kappa shape index (κ2) is 6.30. The Balaban J connectivity index is 1.88. The molecule has 0 fully saturated rings. The number of carbonyl (C=O) groups excluding carboxylic acids is 1. The Labute approximate surface area is 144 Å². The van der Waals surface area contributed by atoms with Crippen molar-refractivity contribution in [3.8, 4) is 0 Å². The number of halogens is 1. The zero-order valence-corrected chi connectivity index (χ0v) is 14.4. The molecule has 0 aliphatic heterocycles. The number of nitrogens with one attached hydrogen (secondary N) is 1. The Morgan fingerprint density at radius 2 is 1.79 bits per heavy atom. The van der Waals surface area contributed by atoms with E-state index in [4.69, 9.17) is 11.6 Å². The molecule has 0 aliphatic carbocycles. The number of amides is 1. The molecule has 5 nitrogen and oxygen atoms in total. The molecule has 0 saturated carbocycles. The quantitative estimate of drug-likeness (QED) is 0.774. The van der Waals surface area contributed by atoms with Gasteiger partial charge in [-0.2, -0.15) is 0 Å². The van der Waals surface area contributed by atoms with Crippen molar-refractivity contribution in [3.63, 3.8) is 0 Å². The van der Waals surface area contributed by atoms with Crippen molar-refractivity contribution in [2.24, 2.45) is 7.05 Å². The molecule has 0 bridgehead atoms. The van der Waals surface area contributed by atoms with E-state index in [1.807, 2.05) is 12.1 Å². The lowest BCUT2D eigenvalue weighted by atomic mass is 10.2. The van der Waals surface area contributed by atoms with Gasteiger partial charge < -0.3 is 9.88 Å². The molecule has 3 aromatic rings. The van der Waals surface area contributed by atoms with E-state index in [-0.39, 0.29) is 4.90 Å². The van der Waals surface area contributed by atoms with Crippen LogP contribution in [-0.4, -0.2) is 24.6 Å². The number of anilines is 1. The number of nitrogens with zero attached hydrogens (tertiary/aromatic N) is 1. The maximum Gasteiger partial charge on any atom is 0.240 e. The molecule has 124 valence electrons. The molecule has 24 heavy (non-hydrogen) atoms. The van der Waals surface area contributed by atoms with Crippen LogP contribution in [-0.2, 0) is 21.7 Å². The number of para-hydroxylation sites is 2. The second-order valence-corrected chi connectivity index (χ2v) is 7.77. The van der Waals surface area contributed by atoms with Gasteiger partial charge in [0.2, 0.25) is 5.91 Å². The fourth-order valence-electron chi connectivity index (χ4n) is 2.55. The van der Waals surface area contributed by atoms with Crippen molar-refractivity contribution >= 4 is 43.9 Å². The van der Waals surface area contributed by atoms with E-state index in [9.17, 15) is 13.2 Å². The van der Waals surface area contributed by atoms with Gasteiger partial charge in [-0.05, 0) is 18.2 Å². The van der Waals surface area contributed by atoms with Crippen molar-refractivity contribution < 1.29 is 13.2 Å². The summed E-state index contributed by atoms with van der Waals surface area (Å²) in [7, 11) is -2.01. The normalized spacial score (nSPS) is 11.6. The summed E-state index contributed by atoms with van der Waals surface area (Å²) in [6, 6.07) is 13.8. The lowest BCUT2D eigenvalue weighted by molar-refractivity contribution is -0.113. The molecule has 0 saturated heterocycles. The maximum atomic E-state index is 12.6. The molecule has 3 rings (SSSR count).